The van der Waals surface area contributed by atoms with Crippen LogP contribution in [-0.2, 0) is 0 Å². The highest BCUT2D eigenvalue weighted by atomic mass is 19.1. The van der Waals surface area contributed by atoms with Crippen LogP contribution in [0, 0.1) is 11.7 Å². The maximum absolute atomic E-state index is 13.6. The Morgan fingerprint density at radius 2 is 2.11 bits per heavy atom. The van der Waals surface area contributed by atoms with E-state index in [0.717, 1.165) is 25.9 Å². The van der Waals surface area contributed by atoms with E-state index in [1.54, 1.807) is 18.2 Å². The Kier molecular flexibility index (Phi) is 4.91. The number of halogens is 1. The van der Waals surface area contributed by atoms with E-state index in [4.69, 9.17) is 0 Å². The predicted molar refractivity (Wildman–Crippen MR) is 72.2 cm³/mol. The molecule has 0 aromatic heterocycles. The molecule has 0 spiro atoms. The van der Waals surface area contributed by atoms with Gasteiger partial charge < -0.3 is 15.1 Å². The van der Waals surface area contributed by atoms with Crippen LogP contribution in [0.25, 0.3) is 0 Å². The lowest BCUT2D eigenvalue weighted by atomic mass is 9.93. The van der Waals surface area contributed by atoms with Crippen molar-refractivity contribution in [3.63, 3.8) is 0 Å². The summed E-state index contributed by atoms with van der Waals surface area (Å²) in [5, 5.41) is 19.8. The first-order chi connectivity index (χ1) is 9.08. The summed E-state index contributed by atoms with van der Waals surface area (Å²) in [7, 11) is 0. The lowest BCUT2D eigenvalue weighted by molar-refractivity contribution is 0.0369. The molecule has 4 heteroatoms. The second kappa shape index (κ2) is 6.46. The Labute approximate surface area is 113 Å². The van der Waals surface area contributed by atoms with Gasteiger partial charge in [-0.05, 0) is 38.3 Å². The molecule has 0 amide bonds. The van der Waals surface area contributed by atoms with E-state index in [-0.39, 0.29) is 17.8 Å². The van der Waals surface area contributed by atoms with Gasteiger partial charge in [-0.3, -0.25) is 0 Å². The molecular weight excluding hydrogens is 245 g/mol. The van der Waals surface area contributed by atoms with Crippen LogP contribution in [0.3, 0.4) is 0 Å². The lowest BCUT2D eigenvalue weighted by Gasteiger charge is -2.35. The number of benzene rings is 1. The number of piperidine rings is 1. The molecule has 1 heterocycles. The van der Waals surface area contributed by atoms with Gasteiger partial charge in [0, 0.05) is 18.7 Å². The van der Waals surface area contributed by atoms with Gasteiger partial charge in [-0.2, -0.15) is 0 Å². The average Bonchev–Trinajstić information content (AvgIpc) is 2.39. The SMILES string of the molecule is CC(O)C1CCCN(CC(O)c2ccccc2F)C1. The molecule has 1 aliphatic heterocycles. The normalized spacial score (nSPS) is 24.1. The summed E-state index contributed by atoms with van der Waals surface area (Å²) in [6, 6.07) is 6.34. The molecule has 0 saturated carbocycles. The molecule has 106 valence electrons. The number of hydrogen-bond donors (Lipinski definition) is 2. The van der Waals surface area contributed by atoms with Gasteiger partial charge in [-0.25, -0.2) is 4.39 Å². The summed E-state index contributed by atoms with van der Waals surface area (Å²) in [5.74, 6) is -0.111. The van der Waals surface area contributed by atoms with Crippen LogP contribution in [0.4, 0.5) is 4.39 Å². The fourth-order valence-corrected chi connectivity index (χ4v) is 2.74. The average molecular weight is 267 g/mol. The number of β-amino-alcohol motifs (C(OH)–C–C–N with tert-alkyl or cyclic N) is 1. The third-order valence-corrected chi connectivity index (χ3v) is 3.92. The Morgan fingerprint density at radius 3 is 2.79 bits per heavy atom. The molecule has 0 bridgehead atoms. The van der Waals surface area contributed by atoms with E-state index < -0.39 is 6.10 Å². The van der Waals surface area contributed by atoms with Crippen molar-refractivity contribution in [3.05, 3.63) is 35.6 Å². The zero-order valence-electron chi connectivity index (χ0n) is 11.3. The number of aliphatic hydroxyl groups is 2. The Bertz CT molecular complexity index is 411. The molecule has 19 heavy (non-hydrogen) atoms. The minimum Gasteiger partial charge on any atom is -0.393 e. The van der Waals surface area contributed by atoms with Gasteiger partial charge in [0.15, 0.2) is 0 Å². The molecule has 1 saturated heterocycles. The van der Waals surface area contributed by atoms with Crippen LogP contribution >= 0.6 is 0 Å². The van der Waals surface area contributed by atoms with Crippen molar-refractivity contribution < 1.29 is 14.6 Å². The van der Waals surface area contributed by atoms with E-state index in [2.05, 4.69) is 4.90 Å². The fraction of sp³-hybridized carbons (Fsp3) is 0.600. The van der Waals surface area contributed by atoms with Crippen molar-refractivity contribution in [1.82, 2.24) is 4.90 Å². The van der Waals surface area contributed by atoms with Crippen LogP contribution in [0.1, 0.15) is 31.4 Å². The Hall–Kier alpha value is -0.970. The molecule has 3 nitrogen and oxygen atoms in total. The summed E-state index contributed by atoms with van der Waals surface area (Å²) in [6.07, 6.45) is 0.895. The molecule has 1 aromatic rings. The molecule has 3 atom stereocenters. The van der Waals surface area contributed by atoms with Gasteiger partial charge >= 0.3 is 0 Å². The van der Waals surface area contributed by atoms with Crippen molar-refractivity contribution in [2.45, 2.75) is 32.0 Å². The molecule has 2 N–H and O–H groups in total. The van der Waals surface area contributed by atoms with Crippen LogP contribution in [0.5, 0.6) is 0 Å². The quantitative estimate of drug-likeness (QED) is 0.876. The first-order valence-corrected chi connectivity index (χ1v) is 6.91. The minimum atomic E-state index is -0.811. The molecule has 1 aromatic carbocycles. The third-order valence-electron chi connectivity index (χ3n) is 3.92. The van der Waals surface area contributed by atoms with E-state index in [1.165, 1.54) is 6.07 Å². The van der Waals surface area contributed by atoms with Gasteiger partial charge in [0.05, 0.1) is 12.2 Å². The van der Waals surface area contributed by atoms with Crippen LogP contribution in [-0.4, -0.2) is 40.9 Å². The number of likely N-dealkylation sites (tertiary alicyclic amines) is 1. The maximum Gasteiger partial charge on any atom is 0.129 e. The monoisotopic (exact) mass is 267 g/mol. The number of aliphatic hydroxyl groups excluding tert-OH is 2. The van der Waals surface area contributed by atoms with Gasteiger partial charge in [0.25, 0.3) is 0 Å². The molecule has 2 rings (SSSR count). The topological polar surface area (TPSA) is 43.7 Å². The first kappa shape index (κ1) is 14.4. The highest BCUT2D eigenvalue weighted by Gasteiger charge is 2.25. The standard InChI is InChI=1S/C15H22FNO2/c1-11(18)12-5-4-8-17(9-12)10-15(19)13-6-2-3-7-14(13)16/h2-3,6-7,11-12,15,18-19H,4-5,8-10H2,1H3. The summed E-state index contributed by atoms with van der Waals surface area (Å²) in [5.41, 5.74) is 0.349. The second-order valence-corrected chi connectivity index (χ2v) is 5.44. The molecule has 1 fully saturated rings. The molecular formula is C15H22FNO2. The van der Waals surface area contributed by atoms with Gasteiger partial charge in [-0.1, -0.05) is 18.2 Å². The van der Waals surface area contributed by atoms with Gasteiger partial charge in [-0.15, -0.1) is 0 Å². The summed E-state index contributed by atoms with van der Waals surface area (Å²) in [6.45, 7) is 3.89. The van der Waals surface area contributed by atoms with E-state index in [0.29, 0.717) is 12.1 Å². The molecule has 0 radical (unpaired) electrons. The highest BCUT2D eigenvalue weighted by Crippen LogP contribution is 2.23. The molecule has 0 aliphatic carbocycles. The zero-order valence-corrected chi connectivity index (χ0v) is 11.3. The summed E-state index contributed by atoms with van der Waals surface area (Å²) < 4.78 is 13.6. The predicted octanol–water partition coefficient (Wildman–Crippen LogP) is 1.95. The number of nitrogens with zero attached hydrogens (tertiary/aromatic N) is 1. The third kappa shape index (κ3) is 3.75. The van der Waals surface area contributed by atoms with Crippen LogP contribution in [0.15, 0.2) is 24.3 Å². The van der Waals surface area contributed by atoms with E-state index in [1.807, 2.05) is 6.92 Å². The first-order valence-electron chi connectivity index (χ1n) is 6.91. The van der Waals surface area contributed by atoms with Gasteiger partial charge in [0.1, 0.15) is 5.82 Å². The fourth-order valence-electron chi connectivity index (χ4n) is 2.74. The van der Waals surface area contributed by atoms with Crippen molar-refractivity contribution in [3.8, 4) is 0 Å². The number of hydrogen-bond acceptors (Lipinski definition) is 3. The summed E-state index contributed by atoms with van der Waals surface area (Å²) >= 11 is 0. The van der Waals surface area contributed by atoms with Crippen molar-refractivity contribution >= 4 is 0 Å². The van der Waals surface area contributed by atoms with E-state index >= 15 is 0 Å². The smallest absolute Gasteiger partial charge is 0.129 e. The molecule has 1 aliphatic rings. The maximum atomic E-state index is 13.6. The van der Waals surface area contributed by atoms with Crippen LogP contribution in [0.2, 0.25) is 0 Å². The lowest BCUT2D eigenvalue weighted by Crippen LogP contribution is -2.41. The van der Waals surface area contributed by atoms with Crippen LogP contribution < -0.4 is 0 Å². The number of rotatable bonds is 4. The largest absolute Gasteiger partial charge is 0.393 e. The minimum absolute atomic E-state index is 0.251. The second-order valence-electron chi connectivity index (χ2n) is 5.44. The summed E-state index contributed by atoms with van der Waals surface area (Å²) in [4.78, 5) is 2.11. The Balaban J connectivity index is 1.95. The van der Waals surface area contributed by atoms with Crippen molar-refractivity contribution in [1.29, 1.82) is 0 Å². The van der Waals surface area contributed by atoms with Gasteiger partial charge in [0.2, 0.25) is 0 Å². The van der Waals surface area contributed by atoms with Crippen molar-refractivity contribution in [2.75, 3.05) is 19.6 Å². The highest BCUT2D eigenvalue weighted by molar-refractivity contribution is 5.20. The van der Waals surface area contributed by atoms with E-state index in [9.17, 15) is 14.6 Å². The Morgan fingerprint density at radius 1 is 1.37 bits per heavy atom. The zero-order chi connectivity index (χ0) is 13.8. The molecule has 3 unspecified atom stereocenters. The van der Waals surface area contributed by atoms with Crippen molar-refractivity contribution in [2.24, 2.45) is 5.92 Å².